The van der Waals surface area contributed by atoms with Gasteiger partial charge in [-0.25, -0.2) is 4.39 Å². The van der Waals surface area contributed by atoms with Crippen LogP contribution in [0.5, 0.6) is 5.75 Å². The molecule has 0 radical (unpaired) electrons. The number of hydrogen-bond donors (Lipinski definition) is 1. The molecule has 2 aromatic rings. The Morgan fingerprint density at radius 2 is 2.00 bits per heavy atom. The van der Waals surface area contributed by atoms with Crippen LogP contribution >= 0.6 is 0 Å². The van der Waals surface area contributed by atoms with Gasteiger partial charge in [-0.15, -0.1) is 0 Å². The monoisotopic (exact) mass is 406 g/mol. The van der Waals surface area contributed by atoms with Crippen LogP contribution in [0.4, 0.5) is 4.39 Å². The van der Waals surface area contributed by atoms with E-state index in [1.165, 1.54) is 31.2 Å². The number of allylic oxidation sites excluding steroid dienone is 4. The lowest BCUT2D eigenvalue weighted by Gasteiger charge is -2.23. The van der Waals surface area contributed by atoms with Gasteiger partial charge in [-0.3, -0.25) is 4.98 Å². The van der Waals surface area contributed by atoms with Crippen LogP contribution in [-0.2, 0) is 6.42 Å². The lowest BCUT2D eigenvalue weighted by molar-refractivity contribution is 0.214. The Morgan fingerprint density at radius 1 is 1.17 bits per heavy atom. The molecule has 2 aliphatic carbocycles. The van der Waals surface area contributed by atoms with Crippen LogP contribution in [0.3, 0.4) is 0 Å². The number of rotatable bonds is 6. The summed E-state index contributed by atoms with van der Waals surface area (Å²) in [7, 11) is 0. The number of ether oxygens (including phenoxy) is 1. The van der Waals surface area contributed by atoms with Crippen molar-refractivity contribution in [1.82, 2.24) is 10.3 Å². The van der Waals surface area contributed by atoms with Gasteiger partial charge in [0.2, 0.25) is 0 Å². The van der Waals surface area contributed by atoms with Gasteiger partial charge >= 0.3 is 0 Å². The normalized spacial score (nSPS) is 22.7. The van der Waals surface area contributed by atoms with E-state index in [4.69, 9.17) is 4.74 Å². The Kier molecular flexibility index (Phi) is 5.60. The molecule has 4 heteroatoms. The first kappa shape index (κ1) is 19.7. The molecule has 1 aromatic heterocycles. The van der Waals surface area contributed by atoms with E-state index >= 15 is 0 Å². The van der Waals surface area contributed by atoms with Crippen molar-refractivity contribution in [3.8, 4) is 5.75 Å². The Bertz CT molecular complexity index is 986. The summed E-state index contributed by atoms with van der Waals surface area (Å²) in [4.78, 5) is 4.62. The lowest BCUT2D eigenvalue weighted by atomic mass is 9.92. The zero-order chi connectivity index (χ0) is 20.5. The number of halogens is 1. The second-order valence-electron chi connectivity index (χ2n) is 9.30. The van der Waals surface area contributed by atoms with Crippen molar-refractivity contribution >= 4 is 10.9 Å². The second-order valence-corrected chi connectivity index (χ2v) is 9.30. The highest BCUT2D eigenvalue weighted by Crippen LogP contribution is 2.46. The van der Waals surface area contributed by atoms with E-state index < -0.39 is 0 Å². The zero-order valence-electron chi connectivity index (χ0n) is 17.8. The summed E-state index contributed by atoms with van der Waals surface area (Å²) < 4.78 is 20.9. The SMILES string of the molecule is CC1C=CC(Cc2ccnc3cc(OCC4CCNCC4)c(C4CC4)cc23)=C(F)C1. The smallest absolute Gasteiger partial charge is 0.124 e. The molecule has 2 heterocycles. The molecule has 0 amide bonds. The molecule has 1 atom stereocenters. The third-order valence-electron chi connectivity index (χ3n) is 6.77. The fourth-order valence-electron chi connectivity index (χ4n) is 4.71. The van der Waals surface area contributed by atoms with E-state index in [0.717, 1.165) is 47.5 Å². The minimum atomic E-state index is 0.0271. The van der Waals surface area contributed by atoms with Gasteiger partial charge in [0.15, 0.2) is 0 Å². The topological polar surface area (TPSA) is 34.1 Å². The molecule has 1 saturated carbocycles. The largest absolute Gasteiger partial charge is 0.493 e. The van der Waals surface area contributed by atoms with Gasteiger partial charge in [0.05, 0.1) is 12.1 Å². The molecule has 1 unspecified atom stereocenters. The minimum absolute atomic E-state index is 0.0271. The average Bonchev–Trinajstić information content (AvgIpc) is 3.60. The zero-order valence-corrected chi connectivity index (χ0v) is 17.8. The molecule has 1 aliphatic heterocycles. The van der Waals surface area contributed by atoms with Crippen LogP contribution in [0.1, 0.15) is 56.1 Å². The van der Waals surface area contributed by atoms with Crippen LogP contribution in [0.25, 0.3) is 10.9 Å². The Morgan fingerprint density at radius 3 is 2.77 bits per heavy atom. The molecular formula is C26H31FN2O. The van der Waals surface area contributed by atoms with Crippen LogP contribution < -0.4 is 10.1 Å². The number of aromatic nitrogens is 1. The molecule has 0 bridgehead atoms. The summed E-state index contributed by atoms with van der Waals surface area (Å²) in [6.45, 7) is 5.02. The highest BCUT2D eigenvalue weighted by atomic mass is 19.1. The first-order valence-corrected chi connectivity index (χ1v) is 11.5. The number of piperidine rings is 1. The standard InChI is InChI=1S/C26H31FN2O/c1-17-2-3-21(24(27)12-17)13-20-8-11-29-25-15-26(23(14-22(20)25)19-4-5-19)30-16-18-6-9-28-10-7-18/h2-3,8,11,14-15,17-19,28H,4-7,9-10,12-13,16H2,1H3. The third kappa shape index (κ3) is 4.29. The second kappa shape index (κ2) is 8.50. The molecule has 158 valence electrons. The number of pyridine rings is 1. The van der Waals surface area contributed by atoms with Crippen LogP contribution in [0.2, 0.25) is 0 Å². The summed E-state index contributed by atoms with van der Waals surface area (Å²) >= 11 is 0. The number of nitrogens with one attached hydrogen (secondary N) is 1. The van der Waals surface area contributed by atoms with Crippen molar-refractivity contribution in [2.24, 2.45) is 11.8 Å². The molecule has 1 N–H and O–H groups in total. The summed E-state index contributed by atoms with van der Waals surface area (Å²) in [6.07, 6.45) is 11.9. The summed E-state index contributed by atoms with van der Waals surface area (Å²) in [5.41, 5.74) is 4.22. The van der Waals surface area contributed by atoms with Crippen molar-refractivity contribution in [3.63, 3.8) is 0 Å². The third-order valence-corrected chi connectivity index (χ3v) is 6.77. The quantitative estimate of drug-likeness (QED) is 0.653. The Labute approximate surface area is 178 Å². The van der Waals surface area contributed by atoms with Crippen LogP contribution in [-0.4, -0.2) is 24.7 Å². The summed E-state index contributed by atoms with van der Waals surface area (Å²) in [5, 5.41) is 4.56. The molecule has 2 fully saturated rings. The highest BCUT2D eigenvalue weighted by molar-refractivity contribution is 5.85. The Balaban J connectivity index is 1.44. The first-order chi connectivity index (χ1) is 14.7. The molecular weight excluding hydrogens is 375 g/mol. The molecule has 30 heavy (non-hydrogen) atoms. The van der Waals surface area contributed by atoms with Gasteiger partial charge < -0.3 is 10.1 Å². The maximum absolute atomic E-state index is 14.5. The fraction of sp³-hybridized carbons (Fsp3) is 0.500. The van der Waals surface area contributed by atoms with Gasteiger partial charge in [-0.1, -0.05) is 19.1 Å². The van der Waals surface area contributed by atoms with Crippen molar-refractivity contribution in [3.05, 3.63) is 59.1 Å². The van der Waals surface area contributed by atoms with Gasteiger partial charge in [-0.2, -0.15) is 0 Å². The predicted molar refractivity (Wildman–Crippen MR) is 120 cm³/mol. The van der Waals surface area contributed by atoms with Gasteiger partial charge in [0.1, 0.15) is 11.6 Å². The maximum Gasteiger partial charge on any atom is 0.124 e. The predicted octanol–water partition coefficient (Wildman–Crippen LogP) is 5.85. The van der Waals surface area contributed by atoms with E-state index in [0.29, 0.717) is 24.7 Å². The lowest BCUT2D eigenvalue weighted by Crippen LogP contribution is -2.30. The van der Waals surface area contributed by atoms with Crippen molar-refractivity contribution < 1.29 is 9.13 Å². The average molecular weight is 407 g/mol. The number of fused-ring (bicyclic) bond motifs is 1. The van der Waals surface area contributed by atoms with Crippen LogP contribution in [0, 0.1) is 11.8 Å². The van der Waals surface area contributed by atoms with E-state index in [1.54, 1.807) is 0 Å². The maximum atomic E-state index is 14.5. The van der Waals surface area contributed by atoms with Gasteiger partial charge in [0, 0.05) is 30.5 Å². The van der Waals surface area contributed by atoms with Crippen molar-refractivity contribution in [1.29, 1.82) is 0 Å². The number of nitrogens with zero attached hydrogens (tertiary/aromatic N) is 1. The van der Waals surface area contributed by atoms with E-state index in [1.807, 2.05) is 18.3 Å². The van der Waals surface area contributed by atoms with Crippen molar-refractivity contribution in [2.45, 2.75) is 51.4 Å². The Hall–Kier alpha value is -2.20. The number of benzene rings is 1. The molecule has 3 aliphatic rings. The molecule has 1 saturated heterocycles. The summed E-state index contributed by atoms with van der Waals surface area (Å²) in [6, 6.07) is 6.44. The minimum Gasteiger partial charge on any atom is -0.493 e. The first-order valence-electron chi connectivity index (χ1n) is 11.5. The molecule has 5 rings (SSSR count). The van der Waals surface area contributed by atoms with Gasteiger partial charge in [-0.05, 0) is 85.4 Å². The molecule has 0 spiro atoms. The molecule has 3 nitrogen and oxygen atoms in total. The summed E-state index contributed by atoms with van der Waals surface area (Å²) in [5.74, 6) is 2.54. The highest BCUT2D eigenvalue weighted by Gasteiger charge is 2.28. The van der Waals surface area contributed by atoms with Crippen molar-refractivity contribution in [2.75, 3.05) is 19.7 Å². The fourth-order valence-corrected chi connectivity index (χ4v) is 4.71. The van der Waals surface area contributed by atoms with Crippen LogP contribution in [0.15, 0.2) is 47.9 Å². The van der Waals surface area contributed by atoms with E-state index in [2.05, 4.69) is 35.4 Å². The van der Waals surface area contributed by atoms with Gasteiger partial charge in [0.25, 0.3) is 0 Å². The molecule has 1 aromatic carbocycles. The van der Waals surface area contributed by atoms with E-state index in [9.17, 15) is 4.39 Å². The van der Waals surface area contributed by atoms with E-state index in [-0.39, 0.29) is 11.7 Å². The number of hydrogen-bond acceptors (Lipinski definition) is 3.